The Balaban J connectivity index is 0.589. The van der Waals surface area contributed by atoms with E-state index < -0.39 is 0 Å². The highest BCUT2D eigenvalue weighted by molar-refractivity contribution is 6.17. The molecule has 4 aromatic heterocycles. The van der Waals surface area contributed by atoms with Crippen molar-refractivity contribution in [1.82, 2.24) is 18.3 Å². The summed E-state index contributed by atoms with van der Waals surface area (Å²) in [5, 5.41) is 12.2. The van der Waals surface area contributed by atoms with Crippen molar-refractivity contribution in [2.24, 2.45) is 0 Å². The van der Waals surface area contributed by atoms with Gasteiger partial charge in [-0.05, 0) is 243 Å². The van der Waals surface area contributed by atoms with Gasteiger partial charge in [0.25, 0.3) is 0 Å². The summed E-state index contributed by atoms with van der Waals surface area (Å²) in [6.07, 6.45) is 0. The van der Waals surface area contributed by atoms with Crippen LogP contribution in [0.1, 0.15) is 0 Å². The van der Waals surface area contributed by atoms with Gasteiger partial charge < -0.3 is 28.1 Å². The lowest BCUT2D eigenvalue weighted by atomic mass is 9.95. The zero-order valence-corrected chi connectivity index (χ0v) is 64.4. The molecule has 6 nitrogen and oxygen atoms in total. The molecule has 0 radical (unpaired) electrons. The topological polar surface area (TPSA) is 26.2 Å². The van der Waals surface area contributed by atoms with Crippen molar-refractivity contribution >= 4 is 132 Å². The Bertz CT molecular complexity index is 7760. The van der Waals surface area contributed by atoms with E-state index in [1.54, 1.807) is 0 Å². The second-order valence-corrected chi connectivity index (χ2v) is 30.7. The van der Waals surface area contributed by atoms with Crippen LogP contribution < -0.4 is 9.80 Å². The fourth-order valence-electron chi connectivity index (χ4n) is 18.8. The molecule has 23 rings (SSSR count). The van der Waals surface area contributed by atoms with Crippen molar-refractivity contribution in [1.29, 1.82) is 0 Å². The van der Waals surface area contributed by atoms with Crippen molar-refractivity contribution in [2.75, 3.05) is 9.80 Å². The van der Waals surface area contributed by atoms with Crippen LogP contribution in [0.2, 0.25) is 0 Å². The first-order valence-corrected chi connectivity index (χ1v) is 40.5. The molecule has 23 aromatic rings. The summed E-state index contributed by atoms with van der Waals surface area (Å²) in [7, 11) is 0. The van der Waals surface area contributed by atoms with E-state index in [0.717, 1.165) is 95.5 Å². The Kier molecular flexibility index (Phi) is 16.2. The SMILES string of the molecule is c1ccc(-c2ccc(N(c3ccc(-n4c5ccccc5c5c(-c6cccc(-c7ccc(N(c8ccc(-c9ccc%10c(c9)c9ccccc9n%10-c9ccccc9)cc8)c8ccc(-n9c%10ccccc%10c%10ccccc%109)cc8)cc7)c6)cccc54)cc3)c3ccc(-c4ccc5c(c4)c4ccccc4n5-c4ccccc4)c4ccccc34)cc2)cc1. The molecule has 0 saturated carbocycles. The van der Waals surface area contributed by atoms with E-state index in [1.165, 1.54) is 115 Å². The van der Waals surface area contributed by atoms with Crippen LogP contribution in [0.25, 0.3) is 176 Å². The molecule has 552 valence electrons. The van der Waals surface area contributed by atoms with Gasteiger partial charge in [-0.1, -0.05) is 267 Å². The number of hydrogen-bond acceptors (Lipinski definition) is 2. The number of hydrogen-bond donors (Lipinski definition) is 0. The van der Waals surface area contributed by atoms with Crippen LogP contribution >= 0.6 is 0 Å². The minimum atomic E-state index is 1.05. The molecule has 0 unspecified atom stereocenters. The van der Waals surface area contributed by atoms with Crippen molar-refractivity contribution in [3.8, 4) is 78.4 Å². The van der Waals surface area contributed by atoms with E-state index in [2.05, 4.69) is 477 Å². The minimum Gasteiger partial charge on any atom is -0.311 e. The van der Waals surface area contributed by atoms with Gasteiger partial charge in [0.15, 0.2) is 0 Å². The van der Waals surface area contributed by atoms with E-state index in [-0.39, 0.29) is 0 Å². The number of aromatic nitrogens is 4. The Morgan fingerprint density at radius 3 is 0.941 bits per heavy atom. The van der Waals surface area contributed by atoms with Crippen LogP contribution in [0, 0.1) is 0 Å². The first-order valence-electron chi connectivity index (χ1n) is 40.5. The molecule has 0 N–H and O–H groups in total. The number of rotatable bonds is 15. The number of benzene rings is 19. The number of para-hydroxylation sites is 7. The minimum absolute atomic E-state index is 1.05. The van der Waals surface area contributed by atoms with Gasteiger partial charge in [0.1, 0.15) is 0 Å². The lowest BCUT2D eigenvalue weighted by molar-refractivity contribution is 1.17. The molecule has 0 saturated heterocycles. The molecule has 0 fully saturated rings. The third kappa shape index (κ3) is 11.3. The van der Waals surface area contributed by atoms with Crippen molar-refractivity contribution in [3.63, 3.8) is 0 Å². The van der Waals surface area contributed by atoms with Gasteiger partial charge in [-0.15, -0.1) is 0 Å². The molecule has 0 aliphatic rings. The number of nitrogens with zero attached hydrogens (tertiary/aromatic N) is 6. The molecule has 0 spiro atoms. The quantitative estimate of drug-likeness (QED) is 0.102. The zero-order valence-electron chi connectivity index (χ0n) is 64.4. The van der Waals surface area contributed by atoms with Crippen LogP contribution in [-0.2, 0) is 0 Å². The molecule has 4 heterocycles. The van der Waals surface area contributed by atoms with Crippen LogP contribution in [0.3, 0.4) is 0 Å². The van der Waals surface area contributed by atoms with Crippen molar-refractivity contribution < 1.29 is 0 Å². The summed E-state index contributed by atoms with van der Waals surface area (Å²) in [6, 6.07) is 165. The van der Waals surface area contributed by atoms with Gasteiger partial charge in [0.2, 0.25) is 0 Å². The Hall–Kier alpha value is -15.8. The van der Waals surface area contributed by atoms with Crippen molar-refractivity contribution in [3.05, 3.63) is 449 Å². The predicted octanol–water partition coefficient (Wildman–Crippen LogP) is 30.5. The summed E-state index contributed by atoms with van der Waals surface area (Å²) in [5.74, 6) is 0. The smallest absolute Gasteiger partial charge is 0.0547 e. The molecule has 6 heteroatoms. The monoisotopic (exact) mass is 1500 g/mol. The Labute approximate surface area is 683 Å². The van der Waals surface area contributed by atoms with E-state index in [1.807, 2.05) is 0 Å². The fourth-order valence-corrected chi connectivity index (χ4v) is 18.8. The van der Waals surface area contributed by atoms with E-state index >= 15 is 0 Å². The maximum atomic E-state index is 2.45. The normalized spacial score (nSPS) is 11.7. The summed E-state index contributed by atoms with van der Waals surface area (Å²) < 4.78 is 9.60. The molecule has 0 atom stereocenters. The highest BCUT2D eigenvalue weighted by Gasteiger charge is 2.24. The summed E-state index contributed by atoms with van der Waals surface area (Å²) in [4.78, 5) is 4.82. The number of anilines is 6. The lowest BCUT2D eigenvalue weighted by Gasteiger charge is -2.28. The average Bonchev–Trinajstić information content (AvgIpc) is 1.56. The molecule has 0 aliphatic heterocycles. The first-order chi connectivity index (χ1) is 58.5. The number of fused-ring (bicyclic) bond motifs is 13. The highest BCUT2D eigenvalue weighted by Crippen LogP contribution is 2.48. The molecule has 118 heavy (non-hydrogen) atoms. The van der Waals surface area contributed by atoms with Gasteiger partial charge >= 0.3 is 0 Å². The summed E-state index contributed by atoms with van der Waals surface area (Å²) in [5.41, 5.74) is 31.9. The largest absolute Gasteiger partial charge is 0.311 e. The Morgan fingerprint density at radius 1 is 0.144 bits per heavy atom. The van der Waals surface area contributed by atoms with Gasteiger partial charge in [-0.3, -0.25) is 0 Å². The molecule has 0 aliphatic carbocycles. The second-order valence-electron chi connectivity index (χ2n) is 30.7. The molecule has 19 aromatic carbocycles. The molecular weight excluding hydrogens is 1430 g/mol. The van der Waals surface area contributed by atoms with Crippen molar-refractivity contribution in [2.45, 2.75) is 0 Å². The Morgan fingerprint density at radius 2 is 0.441 bits per heavy atom. The van der Waals surface area contributed by atoms with E-state index in [9.17, 15) is 0 Å². The van der Waals surface area contributed by atoms with Crippen LogP contribution in [-0.4, -0.2) is 18.3 Å². The van der Waals surface area contributed by atoms with Gasteiger partial charge in [-0.2, -0.15) is 0 Å². The second kappa shape index (κ2) is 28.1. The van der Waals surface area contributed by atoms with Crippen LogP contribution in [0.5, 0.6) is 0 Å². The standard InChI is InChI=1S/C112H74N6/c1-4-24-75(25-5-1)76-46-58-88(59-47-76)114(108-71-68-92(94-32-10-11-33-95(94)108)82-53-70-110-102(74-82)99-37-15-20-43-106(99)116(110)84-30-8-3-9-31-84)89-62-66-91(67-63-89)118-107-44-21-16-38-100(107)112-93(39-23-45-111(112)118)81-27-22-26-79(72-81)77-48-54-85(55-49-77)113(87-60-64-90(65-61-87)117-103-40-17-12-34-96(103)97-35-13-18-41-104(97)117)86-56-50-78(51-57-86)80-52-69-109-101(73-80)98-36-14-19-42-105(98)115(109)83-28-6-2-7-29-83/h1-74H. The summed E-state index contributed by atoms with van der Waals surface area (Å²) >= 11 is 0. The van der Waals surface area contributed by atoms with Crippen LogP contribution in [0.15, 0.2) is 449 Å². The maximum absolute atomic E-state index is 2.45. The van der Waals surface area contributed by atoms with E-state index in [0.29, 0.717) is 0 Å². The molecule has 0 bridgehead atoms. The average molecular weight is 1500 g/mol. The van der Waals surface area contributed by atoms with Crippen LogP contribution in [0.4, 0.5) is 34.1 Å². The lowest BCUT2D eigenvalue weighted by Crippen LogP contribution is -2.11. The van der Waals surface area contributed by atoms with Gasteiger partial charge in [0.05, 0.1) is 49.8 Å². The highest BCUT2D eigenvalue weighted by atomic mass is 15.2. The molecule has 0 amide bonds. The van der Waals surface area contributed by atoms with Gasteiger partial charge in [-0.25, -0.2) is 0 Å². The van der Waals surface area contributed by atoms with Gasteiger partial charge in [0, 0.05) is 99.7 Å². The third-order valence-electron chi connectivity index (χ3n) is 24.2. The zero-order chi connectivity index (χ0) is 77.7. The van der Waals surface area contributed by atoms with E-state index in [4.69, 9.17) is 0 Å². The fraction of sp³-hybridized carbons (Fsp3) is 0. The predicted molar refractivity (Wildman–Crippen MR) is 498 cm³/mol. The maximum Gasteiger partial charge on any atom is 0.0547 e. The molecular formula is C112H74N6. The first kappa shape index (κ1) is 67.9. The summed E-state index contributed by atoms with van der Waals surface area (Å²) in [6.45, 7) is 0. The third-order valence-corrected chi connectivity index (χ3v) is 24.2.